The summed E-state index contributed by atoms with van der Waals surface area (Å²) in [6.45, 7) is 10.5. The van der Waals surface area contributed by atoms with Gasteiger partial charge in [0.2, 0.25) is 5.95 Å². The molecule has 8 nitrogen and oxygen atoms in total. The Labute approximate surface area is 216 Å². The van der Waals surface area contributed by atoms with Crippen molar-refractivity contribution in [1.82, 2.24) is 25.5 Å². The number of benzene rings is 1. The first-order valence-electron chi connectivity index (χ1n) is 13.9. The molecule has 0 unspecified atom stereocenters. The Morgan fingerprint density at radius 3 is 2.36 bits per heavy atom. The molecule has 0 radical (unpaired) electrons. The van der Waals surface area contributed by atoms with E-state index in [0.29, 0.717) is 12.5 Å². The second-order valence-electron chi connectivity index (χ2n) is 10.2. The zero-order chi connectivity index (χ0) is 25.0. The van der Waals surface area contributed by atoms with Crippen LogP contribution in [0.25, 0.3) is 0 Å². The molecule has 1 saturated carbocycles. The van der Waals surface area contributed by atoms with Crippen molar-refractivity contribution in [3.63, 3.8) is 0 Å². The molecular weight excluding hydrogens is 450 g/mol. The summed E-state index contributed by atoms with van der Waals surface area (Å²) < 4.78 is 0. The third-order valence-corrected chi connectivity index (χ3v) is 7.32. The van der Waals surface area contributed by atoms with Crippen LogP contribution in [-0.4, -0.2) is 78.4 Å². The predicted molar refractivity (Wildman–Crippen MR) is 147 cm³/mol. The largest absolute Gasteiger partial charge is 0.395 e. The van der Waals surface area contributed by atoms with Crippen molar-refractivity contribution < 1.29 is 5.11 Å². The normalized spacial score (nSPS) is 17.4. The number of anilines is 2. The summed E-state index contributed by atoms with van der Waals surface area (Å²) in [5.41, 5.74) is 3.50. The molecule has 1 aromatic carbocycles. The maximum Gasteiger partial charge on any atom is 0.225 e. The summed E-state index contributed by atoms with van der Waals surface area (Å²) in [4.78, 5) is 14.0. The summed E-state index contributed by atoms with van der Waals surface area (Å²) in [5, 5.41) is 19.9. The van der Waals surface area contributed by atoms with Gasteiger partial charge in [-0.05, 0) is 50.4 Å². The van der Waals surface area contributed by atoms with Gasteiger partial charge in [-0.3, -0.25) is 4.90 Å². The number of piperazine rings is 1. The average Bonchev–Trinajstić information content (AvgIpc) is 2.91. The maximum atomic E-state index is 9.16. The van der Waals surface area contributed by atoms with E-state index in [4.69, 9.17) is 10.1 Å². The lowest BCUT2D eigenvalue weighted by atomic mass is 9.95. The summed E-state index contributed by atoms with van der Waals surface area (Å²) >= 11 is 0. The number of aryl methyl sites for hydroxylation is 1. The molecule has 0 spiro atoms. The highest BCUT2D eigenvalue weighted by Gasteiger charge is 2.18. The lowest BCUT2D eigenvalue weighted by molar-refractivity contribution is 0.188. The first-order valence-corrected chi connectivity index (χ1v) is 13.9. The Balaban J connectivity index is 1.16. The molecule has 2 fully saturated rings. The van der Waals surface area contributed by atoms with Gasteiger partial charge in [-0.1, -0.05) is 43.5 Å². The minimum atomic E-state index is 0.218. The standard InChI is InChI=1S/C28H45N7O/c1-23-20-27(35-16-14-34(15-17-35)18-19-36)33-28(32-23)31-22-25-10-8-24(9-11-25)21-29-12-5-13-30-26-6-3-2-4-7-26/h8-11,20,26,29-30,36H,2-7,12-19,21-22H2,1H3,(H,31,32,33). The summed E-state index contributed by atoms with van der Waals surface area (Å²) in [5.74, 6) is 1.65. The highest BCUT2D eigenvalue weighted by molar-refractivity contribution is 5.45. The molecule has 4 N–H and O–H groups in total. The van der Waals surface area contributed by atoms with Crippen molar-refractivity contribution in [3.8, 4) is 0 Å². The van der Waals surface area contributed by atoms with E-state index in [2.05, 4.69) is 61.1 Å². The molecule has 36 heavy (non-hydrogen) atoms. The fraction of sp³-hybridized carbons (Fsp3) is 0.643. The molecule has 2 aromatic rings. The third-order valence-electron chi connectivity index (χ3n) is 7.32. The van der Waals surface area contributed by atoms with Crippen LogP contribution in [0.3, 0.4) is 0 Å². The molecule has 2 aliphatic rings. The number of β-amino-alcohol motifs (C(OH)–C–C–N with tert-alkyl or cyclic N) is 1. The Hall–Kier alpha value is -2.26. The predicted octanol–water partition coefficient (Wildman–Crippen LogP) is 2.91. The van der Waals surface area contributed by atoms with Crippen molar-refractivity contribution in [3.05, 3.63) is 47.2 Å². The number of aromatic nitrogens is 2. The summed E-state index contributed by atoms with van der Waals surface area (Å²) in [7, 11) is 0. The number of aliphatic hydroxyl groups is 1. The van der Waals surface area contributed by atoms with Crippen LogP contribution in [0.2, 0.25) is 0 Å². The lowest BCUT2D eigenvalue weighted by Crippen LogP contribution is -2.47. The van der Waals surface area contributed by atoms with Gasteiger partial charge < -0.3 is 26.0 Å². The zero-order valence-electron chi connectivity index (χ0n) is 22.0. The van der Waals surface area contributed by atoms with Crippen molar-refractivity contribution in [2.75, 3.05) is 62.6 Å². The van der Waals surface area contributed by atoms with Gasteiger partial charge in [0, 0.05) is 63.6 Å². The van der Waals surface area contributed by atoms with E-state index in [9.17, 15) is 0 Å². The van der Waals surface area contributed by atoms with E-state index in [0.717, 1.165) is 69.9 Å². The second-order valence-corrected chi connectivity index (χ2v) is 10.2. The number of hydrogen-bond acceptors (Lipinski definition) is 8. The molecule has 4 rings (SSSR count). The number of aliphatic hydroxyl groups excluding tert-OH is 1. The van der Waals surface area contributed by atoms with Crippen molar-refractivity contribution in [2.45, 2.75) is 64.6 Å². The number of nitrogens with zero attached hydrogens (tertiary/aromatic N) is 4. The average molecular weight is 496 g/mol. The molecule has 0 bridgehead atoms. The Bertz CT molecular complexity index is 893. The monoisotopic (exact) mass is 495 g/mol. The van der Waals surface area contributed by atoms with Crippen molar-refractivity contribution >= 4 is 11.8 Å². The zero-order valence-corrected chi connectivity index (χ0v) is 22.0. The van der Waals surface area contributed by atoms with E-state index in [1.54, 1.807) is 0 Å². The molecule has 2 heterocycles. The van der Waals surface area contributed by atoms with Crippen LogP contribution < -0.4 is 20.9 Å². The van der Waals surface area contributed by atoms with Crippen LogP contribution in [0.5, 0.6) is 0 Å². The Kier molecular flexibility index (Phi) is 10.8. The maximum absolute atomic E-state index is 9.16. The summed E-state index contributed by atoms with van der Waals surface area (Å²) in [6.07, 6.45) is 8.09. The summed E-state index contributed by atoms with van der Waals surface area (Å²) in [6, 6.07) is 11.6. The van der Waals surface area contributed by atoms with E-state index in [1.165, 1.54) is 49.7 Å². The van der Waals surface area contributed by atoms with Gasteiger partial charge in [0.1, 0.15) is 5.82 Å². The molecule has 0 amide bonds. The number of nitrogens with one attached hydrogen (secondary N) is 3. The number of rotatable bonds is 13. The highest BCUT2D eigenvalue weighted by atomic mass is 16.3. The third kappa shape index (κ3) is 8.69. The minimum Gasteiger partial charge on any atom is -0.395 e. The molecule has 1 aromatic heterocycles. The smallest absolute Gasteiger partial charge is 0.225 e. The fourth-order valence-electron chi connectivity index (χ4n) is 5.15. The van der Waals surface area contributed by atoms with Crippen LogP contribution in [0.1, 0.15) is 55.3 Å². The van der Waals surface area contributed by atoms with Crippen LogP contribution in [-0.2, 0) is 13.1 Å². The van der Waals surface area contributed by atoms with Crippen LogP contribution in [0, 0.1) is 6.92 Å². The SMILES string of the molecule is Cc1cc(N2CCN(CCO)CC2)nc(NCc2ccc(CNCCCNC3CCCCC3)cc2)n1. The van der Waals surface area contributed by atoms with E-state index in [-0.39, 0.29) is 6.61 Å². The van der Waals surface area contributed by atoms with E-state index < -0.39 is 0 Å². The van der Waals surface area contributed by atoms with Gasteiger partial charge in [0.25, 0.3) is 0 Å². The molecule has 198 valence electrons. The molecule has 1 aliphatic carbocycles. The van der Waals surface area contributed by atoms with Crippen LogP contribution in [0.4, 0.5) is 11.8 Å². The first kappa shape index (κ1) is 26.8. The molecule has 8 heteroatoms. The first-order chi connectivity index (χ1) is 17.7. The second kappa shape index (κ2) is 14.5. The minimum absolute atomic E-state index is 0.218. The van der Waals surface area contributed by atoms with E-state index >= 15 is 0 Å². The van der Waals surface area contributed by atoms with E-state index in [1.807, 2.05) is 6.92 Å². The van der Waals surface area contributed by atoms with Crippen molar-refractivity contribution in [2.24, 2.45) is 0 Å². The van der Waals surface area contributed by atoms with Gasteiger partial charge in [-0.15, -0.1) is 0 Å². The highest BCUT2D eigenvalue weighted by Crippen LogP contribution is 2.18. The van der Waals surface area contributed by atoms with Crippen LogP contribution >= 0.6 is 0 Å². The van der Waals surface area contributed by atoms with Crippen LogP contribution in [0.15, 0.2) is 30.3 Å². The quantitative estimate of drug-likeness (QED) is 0.316. The Morgan fingerprint density at radius 2 is 1.64 bits per heavy atom. The molecule has 1 aliphatic heterocycles. The lowest BCUT2D eigenvalue weighted by Gasteiger charge is -2.35. The van der Waals surface area contributed by atoms with Gasteiger partial charge in [0.05, 0.1) is 6.61 Å². The topological polar surface area (TPSA) is 88.6 Å². The molecule has 1 saturated heterocycles. The molecule has 0 atom stereocenters. The molecular formula is C28H45N7O. The number of hydrogen-bond donors (Lipinski definition) is 4. The fourth-order valence-corrected chi connectivity index (χ4v) is 5.15. The van der Waals surface area contributed by atoms with Gasteiger partial charge in [0.15, 0.2) is 0 Å². The van der Waals surface area contributed by atoms with Gasteiger partial charge in [-0.25, -0.2) is 4.98 Å². The van der Waals surface area contributed by atoms with Gasteiger partial charge >= 0.3 is 0 Å². The van der Waals surface area contributed by atoms with Crippen molar-refractivity contribution in [1.29, 1.82) is 0 Å². The van der Waals surface area contributed by atoms with Gasteiger partial charge in [-0.2, -0.15) is 4.98 Å². The Morgan fingerprint density at radius 1 is 0.917 bits per heavy atom.